The summed E-state index contributed by atoms with van der Waals surface area (Å²) in [4.78, 5) is 28.0. The molecule has 3 rings (SSSR count). The molecule has 2 aromatic rings. The maximum absolute atomic E-state index is 12.9. The number of methoxy groups -OCH3 is 1. The fourth-order valence-corrected chi connectivity index (χ4v) is 3.83. The number of ether oxygens (including phenoxy) is 1. The van der Waals surface area contributed by atoms with Crippen LogP contribution in [0, 0.1) is 0 Å². The highest BCUT2D eigenvalue weighted by molar-refractivity contribution is 8.14. The van der Waals surface area contributed by atoms with Crippen LogP contribution in [0.2, 0.25) is 0 Å². The van der Waals surface area contributed by atoms with E-state index in [1.165, 1.54) is 7.11 Å². The monoisotopic (exact) mass is 341 g/mol. The molecule has 1 fully saturated rings. The van der Waals surface area contributed by atoms with Gasteiger partial charge in [-0.05, 0) is 36.4 Å². The second-order valence-electron chi connectivity index (χ2n) is 5.77. The van der Waals surface area contributed by atoms with Crippen LogP contribution in [0.3, 0.4) is 0 Å². The van der Waals surface area contributed by atoms with Crippen LogP contribution >= 0.6 is 11.8 Å². The van der Waals surface area contributed by atoms with E-state index in [1.807, 2.05) is 72.5 Å². The second kappa shape index (κ2) is 6.79. The molecule has 0 bridgehead atoms. The first-order chi connectivity index (χ1) is 11.6. The summed E-state index contributed by atoms with van der Waals surface area (Å²) in [6.45, 7) is 2.38. The van der Waals surface area contributed by atoms with Crippen LogP contribution in [0.4, 0.5) is 0 Å². The second-order valence-corrected chi connectivity index (χ2v) is 6.82. The van der Waals surface area contributed by atoms with Gasteiger partial charge in [-0.2, -0.15) is 0 Å². The first-order valence-corrected chi connectivity index (χ1v) is 8.58. The number of carbonyl (C=O) groups excluding carboxylic acids is 2. The maximum Gasteiger partial charge on any atom is 0.336 e. The minimum absolute atomic E-state index is 0.0365. The van der Waals surface area contributed by atoms with Gasteiger partial charge in [0.05, 0.1) is 7.11 Å². The zero-order valence-electron chi connectivity index (χ0n) is 13.6. The summed E-state index contributed by atoms with van der Waals surface area (Å²) in [5.41, 5.74) is -0.120. The van der Waals surface area contributed by atoms with E-state index < -0.39 is 11.5 Å². The molecule has 0 radical (unpaired) electrons. The van der Waals surface area contributed by atoms with Crippen molar-refractivity contribution in [1.29, 1.82) is 0 Å². The molecule has 5 heteroatoms. The Hall–Kier alpha value is -2.11. The Bertz CT molecular complexity index is 735. The predicted octanol–water partition coefficient (Wildman–Crippen LogP) is 3.29. The third-order valence-corrected chi connectivity index (χ3v) is 5.38. The zero-order chi connectivity index (χ0) is 17.2. The largest absolute Gasteiger partial charge is 0.467 e. The summed E-state index contributed by atoms with van der Waals surface area (Å²) >= 11 is 1.09. The lowest BCUT2D eigenvalue weighted by atomic mass is 10.1. The minimum Gasteiger partial charge on any atom is -0.467 e. The summed E-state index contributed by atoms with van der Waals surface area (Å²) in [7, 11) is 1.33. The highest BCUT2D eigenvalue weighted by atomic mass is 32.2. The van der Waals surface area contributed by atoms with Gasteiger partial charge in [-0.25, -0.2) is 4.79 Å². The minimum atomic E-state index is -1.19. The van der Waals surface area contributed by atoms with Crippen LogP contribution in [0.5, 0.6) is 0 Å². The van der Waals surface area contributed by atoms with Crippen molar-refractivity contribution >= 4 is 22.8 Å². The van der Waals surface area contributed by atoms with Gasteiger partial charge in [0.15, 0.2) is 0 Å². The fraction of sp³-hybridized carbons (Fsp3) is 0.263. The smallest absolute Gasteiger partial charge is 0.336 e. The van der Waals surface area contributed by atoms with Gasteiger partial charge in [-0.3, -0.25) is 9.69 Å². The molecule has 24 heavy (non-hydrogen) atoms. The molecule has 4 nitrogen and oxygen atoms in total. The molecule has 1 saturated heterocycles. The van der Waals surface area contributed by atoms with Crippen molar-refractivity contribution in [3.05, 3.63) is 66.2 Å². The van der Waals surface area contributed by atoms with Gasteiger partial charge < -0.3 is 4.74 Å². The SMILES string of the molecule is COC(=O)C1(C(=O)Sc2ccccc2)CN1C(C)c1ccccc1. The molecule has 1 heterocycles. The van der Waals surface area contributed by atoms with E-state index in [4.69, 9.17) is 4.74 Å². The number of esters is 1. The topological polar surface area (TPSA) is 46.4 Å². The Kier molecular flexibility index (Phi) is 4.73. The van der Waals surface area contributed by atoms with Crippen LogP contribution in [-0.2, 0) is 14.3 Å². The van der Waals surface area contributed by atoms with E-state index in [-0.39, 0.29) is 11.2 Å². The summed E-state index contributed by atoms with van der Waals surface area (Å²) in [5.74, 6) is -0.487. The van der Waals surface area contributed by atoms with E-state index in [9.17, 15) is 9.59 Å². The lowest BCUT2D eigenvalue weighted by Crippen LogP contribution is -2.38. The summed E-state index contributed by atoms with van der Waals surface area (Å²) in [6.07, 6.45) is 0. The van der Waals surface area contributed by atoms with E-state index in [0.717, 1.165) is 22.2 Å². The molecule has 2 aromatic carbocycles. The maximum atomic E-state index is 12.9. The number of hydrogen-bond donors (Lipinski definition) is 0. The molecule has 3 atom stereocenters. The molecule has 0 spiro atoms. The average Bonchev–Trinajstić information content (AvgIpc) is 3.39. The van der Waals surface area contributed by atoms with Gasteiger partial charge in [0.2, 0.25) is 10.7 Å². The Labute approximate surface area is 145 Å². The van der Waals surface area contributed by atoms with Crippen molar-refractivity contribution in [2.24, 2.45) is 0 Å². The Morgan fingerprint density at radius 1 is 1.08 bits per heavy atom. The van der Waals surface area contributed by atoms with Gasteiger partial charge in [0.25, 0.3) is 0 Å². The molecular formula is C19H19NO3S. The number of nitrogens with zero attached hydrogens (tertiary/aromatic N) is 1. The normalized spacial score (nSPS) is 23.3. The van der Waals surface area contributed by atoms with Crippen molar-refractivity contribution < 1.29 is 14.3 Å². The van der Waals surface area contributed by atoms with Gasteiger partial charge >= 0.3 is 5.97 Å². The van der Waals surface area contributed by atoms with E-state index in [0.29, 0.717) is 6.54 Å². The standard InChI is InChI=1S/C19H19NO3S/c1-14(15-9-5-3-6-10-15)20-13-19(20,17(21)23-2)18(22)24-16-11-7-4-8-12-16/h3-12,14H,13H2,1-2H3. The van der Waals surface area contributed by atoms with E-state index in [2.05, 4.69) is 0 Å². The van der Waals surface area contributed by atoms with Gasteiger partial charge in [0, 0.05) is 17.5 Å². The molecule has 0 saturated carbocycles. The first-order valence-electron chi connectivity index (χ1n) is 7.77. The summed E-state index contributed by atoms with van der Waals surface area (Å²) in [6, 6.07) is 19.2. The quantitative estimate of drug-likeness (QED) is 0.361. The Morgan fingerprint density at radius 3 is 2.25 bits per heavy atom. The highest BCUT2D eigenvalue weighted by Crippen LogP contribution is 2.46. The summed E-state index contributed by atoms with van der Waals surface area (Å²) in [5, 5.41) is -0.191. The number of carbonyl (C=O) groups is 2. The van der Waals surface area contributed by atoms with Crippen molar-refractivity contribution in [2.75, 3.05) is 13.7 Å². The molecule has 1 aliphatic heterocycles. The van der Waals surface area contributed by atoms with Crippen molar-refractivity contribution in [3.8, 4) is 0 Å². The first kappa shape index (κ1) is 16.7. The van der Waals surface area contributed by atoms with Crippen molar-refractivity contribution in [3.63, 3.8) is 0 Å². The van der Waals surface area contributed by atoms with Crippen molar-refractivity contribution in [1.82, 2.24) is 4.90 Å². The van der Waals surface area contributed by atoms with Crippen LogP contribution in [0.1, 0.15) is 18.5 Å². The van der Waals surface area contributed by atoms with E-state index >= 15 is 0 Å². The number of thioether (sulfide) groups is 1. The van der Waals surface area contributed by atoms with Gasteiger partial charge in [0.1, 0.15) is 0 Å². The van der Waals surface area contributed by atoms with Crippen LogP contribution in [-0.4, -0.2) is 35.2 Å². The fourth-order valence-electron chi connectivity index (χ4n) is 2.89. The van der Waals surface area contributed by atoms with Crippen LogP contribution in [0.25, 0.3) is 0 Å². The molecule has 124 valence electrons. The number of rotatable bonds is 5. The lowest BCUT2D eigenvalue weighted by molar-refractivity contribution is -0.147. The predicted molar refractivity (Wildman–Crippen MR) is 93.6 cm³/mol. The highest BCUT2D eigenvalue weighted by Gasteiger charge is 2.66. The van der Waals surface area contributed by atoms with Crippen molar-refractivity contribution in [2.45, 2.75) is 23.4 Å². The lowest BCUT2D eigenvalue weighted by Gasteiger charge is -2.19. The Balaban J connectivity index is 1.83. The zero-order valence-corrected chi connectivity index (χ0v) is 14.5. The molecule has 0 aromatic heterocycles. The number of benzene rings is 2. The molecular weight excluding hydrogens is 322 g/mol. The third-order valence-electron chi connectivity index (χ3n) is 4.35. The molecule has 0 aliphatic carbocycles. The Morgan fingerprint density at radius 2 is 1.67 bits per heavy atom. The van der Waals surface area contributed by atoms with Crippen LogP contribution < -0.4 is 0 Å². The average molecular weight is 341 g/mol. The molecule has 1 aliphatic rings. The molecule has 3 unspecified atom stereocenters. The third kappa shape index (κ3) is 2.97. The number of hydrogen-bond acceptors (Lipinski definition) is 5. The van der Waals surface area contributed by atoms with Crippen LogP contribution in [0.15, 0.2) is 65.6 Å². The summed E-state index contributed by atoms with van der Waals surface area (Å²) < 4.78 is 4.94. The molecule has 0 amide bonds. The van der Waals surface area contributed by atoms with Gasteiger partial charge in [-0.15, -0.1) is 0 Å². The molecule has 0 N–H and O–H groups in total. The van der Waals surface area contributed by atoms with E-state index in [1.54, 1.807) is 0 Å². The van der Waals surface area contributed by atoms with Gasteiger partial charge in [-0.1, -0.05) is 48.5 Å².